The maximum atomic E-state index is 2.44. The van der Waals surface area contributed by atoms with Crippen molar-refractivity contribution in [2.75, 3.05) is 11.5 Å². The van der Waals surface area contributed by atoms with E-state index < -0.39 is 0 Å². The van der Waals surface area contributed by atoms with E-state index in [1.807, 2.05) is 0 Å². The zero-order valence-electron chi connectivity index (χ0n) is 7.02. The molecule has 2 aliphatic heterocycles. The molecule has 0 nitrogen and oxygen atoms in total. The summed E-state index contributed by atoms with van der Waals surface area (Å²) in [7, 11) is 0.863. The van der Waals surface area contributed by atoms with Gasteiger partial charge in [0.15, 0.2) is 0 Å². The molecule has 2 atom stereocenters. The van der Waals surface area contributed by atoms with E-state index in [4.69, 9.17) is 0 Å². The molecule has 0 N–H and O–H groups in total. The van der Waals surface area contributed by atoms with Gasteiger partial charge < -0.3 is 0 Å². The van der Waals surface area contributed by atoms with Crippen molar-refractivity contribution in [2.24, 2.45) is 5.41 Å². The van der Waals surface area contributed by atoms with Gasteiger partial charge in [-0.3, -0.25) is 0 Å². The van der Waals surface area contributed by atoms with Crippen LogP contribution in [0.15, 0.2) is 0 Å². The Morgan fingerprint density at radius 3 is 2.90 bits per heavy atom. The third kappa shape index (κ3) is 1.09. The zero-order chi connectivity index (χ0) is 7.19. The normalized spacial score (nSPS) is 43.8. The van der Waals surface area contributed by atoms with Crippen molar-refractivity contribution in [3.05, 3.63) is 0 Å². The number of rotatable bonds is 0. The predicted octanol–water partition coefficient (Wildman–Crippen LogP) is 2.20. The molecule has 0 saturated carbocycles. The molecule has 2 saturated heterocycles. The fourth-order valence-corrected chi connectivity index (χ4v) is 5.98. The average molecular weight is 157 g/mol. The first-order valence-corrected chi connectivity index (χ1v) is 5.96. The molecule has 0 spiro atoms. The summed E-state index contributed by atoms with van der Waals surface area (Å²) in [6.07, 6.45) is 4.60. The second-order valence-electron chi connectivity index (χ2n) is 4.52. The molecule has 58 valence electrons. The lowest BCUT2D eigenvalue weighted by Gasteiger charge is -2.11. The Hall–Kier alpha value is 0.350. The monoisotopic (exact) mass is 157 g/mol. The van der Waals surface area contributed by atoms with Gasteiger partial charge in [0.2, 0.25) is 0 Å². The van der Waals surface area contributed by atoms with Gasteiger partial charge in [0.05, 0.1) is 0 Å². The molecule has 2 fully saturated rings. The second-order valence-corrected chi connectivity index (χ2v) is 6.96. The highest BCUT2D eigenvalue weighted by atomic mass is 32.2. The lowest BCUT2D eigenvalue weighted by molar-refractivity contribution is 0.397. The summed E-state index contributed by atoms with van der Waals surface area (Å²) in [5, 5.41) is 1.15. The predicted molar refractivity (Wildman–Crippen MR) is 48.5 cm³/mol. The Morgan fingerprint density at radius 2 is 2.20 bits per heavy atom. The summed E-state index contributed by atoms with van der Waals surface area (Å²) in [5.41, 5.74) is 0.703. The van der Waals surface area contributed by atoms with Gasteiger partial charge in [-0.25, -0.2) is 0 Å². The topological polar surface area (TPSA) is 0 Å². The number of fused-ring (bicyclic) bond motifs is 1. The molecule has 1 heteroatoms. The first-order valence-electron chi connectivity index (χ1n) is 4.34. The standard InChI is InChI=1S/C9H17S/c1-9(2)6-8-4-3-5-10(8)7-9/h8H,3-7H2,1-2H3/q+1/t8-,10?/m1/s1. The van der Waals surface area contributed by atoms with Crippen LogP contribution in [0, 0.1) is 5.41 Å². The van der Waals surface area contributed by atoms with Crippen LogP contribution < -0.4 is 0 Å². The number of hydrogen-bond acceptors (Lipinski definition) is 0. The van der Waals surface area contributed by atoms with Crippen molar-refractivity contribution in [3.63, 3.8) is 0 Å². The Morgan fingerprint density at radius 1 is 1.40 bits per heavy atom. The summed E-state index contributed by atoms with van der Waals surface area (Å²) in [4.78, 5) is 0. The highest BCUT2D eigenvalue weighted by Crippen LogP contribution is 2.42. The van der Waals surface area contributed by atoms with Crippen LogP contribution in [0.1, 0.15) is 33.1 Å². The van der Waals surface area contributed by atoms with Gasteiger partial charge in [0, 0.05) is 11.8 Å². The summed E-state index contributed by atoms with van der Waals surface area (Å²) >= 11 is 0. The lowest BCUT2D eigenvalue weighted by Crippen LogP contribution is -2.14. The molecule has 0 radical (unpaired) electrons. The van der Waals surface area contributed by atoms with Gasteiger partial charge in [-0.15, -0.1) is 0 Å². The summed E-state index contributed by atoms with van der Waals surface area (Å²) < 4.78 is 0. The van der Waals surface area contributed by atoms with Crippen LogP contribution >= 0.6 is 0 Å². The zero-order valence-corrected chi connectivity index (χ0v) is 7.84. The van der Waals surface area contributed by atoms with Crippen molar-refractivity contribution in [3.8, 4) is 0 Å². The molecule has 2 aliphatic rings. The van der Waals surface area contributed by atoms with Crippen LogP contribution in [0.4, 0.5) is 0 Å². The van der Waals surface area contributed by atoms with E-state index in [1.54, 1.807) is 12.2 Å². The first kappa shape index (κ1) is 7.02. The Balaban J connectivity index is 2.07. The van der Waals surface area contributed by atoms with E-state index in [2.05, 4.69) is 13.8 Å². The van der Waals surface area contributed by atoms with Crippen molar-refractivity contribution in [2.45, 2.75) is 38.4 Å². The van der Waals surface area contributed by atoms with E-state index >= 15 is 0 Å². The Bertz CT molecular complexity index is 126. The fourth-order valence-electron chi connectivity index (χ4n) is 2.42. The molecule has 2 rings (SSSR count). The average Bonchev–Trinajstić information content (AvgIpc) is 2.20. The van der Waals surface area contributed by atoms with Crippen LogP contribution in [-0.2, 0) is 10.9 Å². The SMILES string of the molecule is CC1(C)C[C@H]2CCC[S+]2C1. The molecule has 0 aromatic heterocycles. The van der Waals surface area contributed by atoms with Crippen LogP contribution in [0.3, 0.4) is 0 Å². The molecule has 0 bridgehead atoms. The van der Waals surface area contributed by atoms with Crippen molar-refractivity contribution in [1.29, 1.82) is 0 Å². The highest BCUT2D eigenvalue weighted by molar-refractivity contribution is 7.98. The van der Waals surface area contributed by atoms with E-state index in [-0.39, 0.29) is 0 Å². The number of hydrogen-bond donors (Lipinski definition) is 0. The van der Waals surface area contributed by atoms with Crippen molar-refractivity contribution < 1.29 is 0 Å². The van der Waals surface area contributed by atoms with Gasteiger partial charge >= 0.3 is 0 Å². The molecular formula is C9H17S+. The van der Waals surface area contributed by atoms with Crippen molar-refractivity contribution >= 4 is 10.9 Å². The molecule has 0 amide bonds. The molecular weight excluding hydrogens is 140 g/mol. The summed E-state index contributed by atoms with van der Waals surface area (Å²) in [6.45, 7) is 4.89. The van der Waals surface area contributed by atoms with Gasteiger partial charge in [0.1, 0.15) is 16.8 Å². The van der Waals surface area contributed by atoms with Gasteiger partial charge in [0.25, 0.3) is 0 Å². The van der Waals surface area contributed by atoms with Crippen LogP contribution in [0.2, 0.25) is 0 Å². The van der Waals surface area contributed by atoms with Crippen molar-refractivity contribution in [1.82, 2.24) is 0 Å². The third-order valence-corrected chi connectivity index (χ3v) is 6.07. The smallest absolute Gasteiger partial charge is 0.0552 e. The molecule has 2 heterocycles. The van der Waals surface area contributed by atoms with Crippen LogP contribution in [-0.4, -0.2) is 16.8 Å². The minimum Gasteiger partial charge on any atom is -0.0552 e. The molecule has 0 aromatic rings. The quantitative estimate of drug-likeness (QED) is 0.473. The minimum atomic E-state index is 0.703. The van der Waals surface area contributed by atoms with E-state index in [0.29, 0.717) is 5.41 Å². The van der Waals surface area contributed by atoms with E-state index in [0.717, 1.165) is 16.1 Å². The fraction of sp³-hybridized carbons (Fsp3) is 1.00. The lowest BCUT2D eigenvalue weighted by atomic mass is 9.90. The molecule has 1 unspecified atom stereocenters. The van der Waals surface area contributed by atoms with Gasteiger partial charge in [-0.1, -0.05) is 13.8 Å². The maximum Gasteiger partial charge on any atom is 0.119 e. The van der Waals surface area contributed by atoms with Crippen LogP contribution in [0.5, 0.6) is 0 Å². The van der Waals surface area contributed by atoms with E-state index in [1.165, 1.54) is 18.6 Å². The molecule has 0 aliphatic carbocycles. The highest BCUT2D eigenvalue weighted by Gasteiger charge is 2.49. The second kappa shape index (κ2) is 2.17. The molecule has 0 aromatic carbocycles. The molecule has 10 heavy (non-hydrogen) atoms. The van der Waals surface area contributed by atoms with Gasteiger partial charge in [-0.2, -0.15) is 0 Å². The van der Waals surface area contributed by atoms with Gasteiger partial charge in [-0.05, 0) is 23.7 Å². The maximum absolute atomic E-state index is 2.44. The first-order chi connectivity index (χ1) is 4.67. The third-order valence-electron chi connectivity index (χ3n) is 2.76. The van der Waals surface area contributed by atoms with Crippen LogP contribution in [0.25, 0.3) is 0 Å². The largest absolute Gasteiger partial charge is 0.119 e. The summed E-state index contributed by atoms with van der Waals surface area (Å²) in [6, 6.07) is 0. The Labute approximate surface area is 66.7 Å². The summed E-state index contributed by atoms with van der Waals surface area (Å²) in [5.74, 6) is 3.10. The Kier molecular flexibility index (Phi) is 1.52. The minimum absolute atomic E-state index is 0.703. The van der Waals surface area contributed by atoms with E-state index in [9.17, 15) is 0 Å².